The molecule has 0 saturated carbocycles. The number of pyridine rings is 1. The van der Waals surface area contributed by atoms with Gasteiger partial charge in [0, 0.05) is 11.3 Å². The van der Waals surface area contributed by atoms with Crippen molar-refractivity contribution in [3.8, 4) is 5.75 Å². The van der Waals surface area contributed by atoms with Crippen molar-refractivity contribution in [2.24, 2.45) is 0 Å². The van der Waals surface area contributed by atoms with Gasteiger partial charge >= 0.3 is 6.36 Å². The maximum absolute atomic E-state index is 13.5. The first kappa shape index (κ1) is 25.0. The third-order valence-corrected chi connectivity index (χ3v) is 5.90. The number of benzene rings is 2. The molecule has 1 aliphatic heterocycles. The molecule has 1 N–H and O–H groups in total. The Morgan fingerprint density at radius 2 is 1.67 bits per heavy atom. The van der Waals surface area contributed by atoms with E-state index in [-0.39, 0.29) is 17.1 Å². The van der Waals surface area contributed by atoms with Gasteiger partial charge in [-0.25, -0.2) is 0 Å². The van der Waals surface area contributed by atoms with E-state index >= 15 is 0 Å². The van der Waals surface area contributed by atoms with Crippen LogP contribution in [0.2, 0.25) is 0 Å². The number of carbonyl (C=O) groups is 2. The Morgan fingerprint density at radius 1 is 1.03 bits per heavy atom. The zero-order valence-electron chi connectivity index (χ0n) is 19.7. The fourth-order valence-corrected chi connectivity index (χ4v) is 4.05. The summed E-state index contributed by atoms with van der Waals surface area (Å²) in [5, 5.41) is 10.8. The van der Waals surface area contributed by atoms with Crippen LogP contribution in [0.4, 0.5) is 18.9 Å². The van der Waals surface area contributed by atoms with E-state index < -0.39 is 35.6 Å². The number of hydrogen-bond acceptors (Lipinski definition) is 5. The summed E-state index contributed by atoms with van der Waals surface area (Å²) >= 11 is 0. The quantitative estimate of drug-likeness (QED) is 0.412. The summed E-state index contributed by atoms with van der Waals surface area (Å²) < 4.78 is 41.4. The van der Waals surface area contributed by atoms with Crippen LogP contribution in [-0.4, -0.2) is 28.1 Å². The number of aliphatic hydroxyl groups is 1. The summed E-state index contributed by atoms with van der Waals surface area (Å²) in [6.45, 7) is 5.85. The maximum atomic E-state index is 13.5. The van der Waals surface area contributed by atoms with Crippen LogP contribution in [0.3, 0.4) is 0 Å². The van der Waals surface area contributed by atoms with Crippen LogP contribution in [0.15, 0.2) is 78.2 Å². The van der Waals surface area contributed by atoms with Crippen LogP contribution in [0, 0.1) is 6.92 Å². The molecule has 0 saturated heterocycles. The van der Waals surface area contributed by atoms with Crippen molar-refractivity contribution in [1.29, 1.82) is 0 Å². The predicted molar refractivity (Wildman–Crippen MR) is 127 cm³/mol. The molecule has 1 amide bonds. The first-order valence-electron chi connectivity index (χ1n) is 11.2. The molecule has 0 radical (unpaired) electrons. The lowest BCUT2D eigenvalue weighted by molar-refractivity contribution is -0.274. The highest BCUT2D eigenvalue weighted by molar-refractivity contribution is 6.20. The molecule has 0 aliphatic carbocycles. The minimum atomic E-state index is -4.87. The van der Waals surface area contributed by atoms with E-state index in [1.54, 1.807) is 31.2 Å². The monoisotopic (exact) mass is 496 g/mol. The lowest BCUT2D eigenvalue weighted by Crippen LogP contribution is -2.31. The highest BCUT2D eigenvalue weighted by Crippen LogP contribution is 2.42. The molecule has 9 heteroatoms. The molecule has 1 atom stereocenters. The van der Waals surface area contributed by atoms with Gasteiger partial charge in [0.05, 0.1) is 23.5 Å². The van der Waals surface area contributed by atoms with Crippen LogP contribution < -0.4 is 9.64 Å². The first-order valence-corrected chi connectivity index (χ1v) is 11.2. The number of ketones is 1. The fraction of sp³-hybridized carbons (Fsp3) is 0.222. The lowest BCUT2D eigenvalue weighted by atomic mass is 9.91. The number of aryl methyl sites for hydroxylation is 1. The molecule has 1 aliphatic rings. The lowest BCUT2D eigenvalue weighted by Gasteiger charge is -2.27. The van der Waals surface area contributed by atoms with Crippen molar-refractivity contribution < 1.29 is 32.6 Å². The molecule has 0 spiro atoms. The molecule has 3 aromatic rings. The SMILES string of the molecule is Cc1ccc(N2C(=O)C(O)=C(C(=O)c3ccc(OC(F)(F)F)cc3)C2c2ccc(C(C)C)cc2)cn1. The molecule has 36 heavy (non-hydrogen) atoms. The second kappa shape index (κ2) is 9.49. The number of aliphatic hydroxyl groups excluding tert-OH is 1. The Balaban J connectivity index is 1.78. The average Bonchev–Trinajstić information content (AvgIpc) is 3.09. The second-order valence-corrected chi connectivity index (χ2v) is 8.72. The smallest absolute Gasteiger partial charge is 0.503 e. The number of hydrogen-bond donors (Lipinski definition) is 1. The summed E-state index contributed by atoms with van der Waals surface area (Å²) in [4.78, 5) is 32.2. The van der Waals surface area contributed by atoms with E-state index in [9.17, 15) is 27.9 Å². The molecule has 4 rings (SSSR count). The molecule has 2 aromatic carbocycles. The minimum absolute atomic E-state index is 0.00782. The number of Topliss-reactive ketones (excluding diaryl/α,β-unsaturated/α-hetero) is 1. The van der Waals surface area contributed by atoms with Crippen molar-refractivity contribution in [2.45, 2.75) is 39.1 Å². The molecular formula is C27H23F3N2O4. The van der Waals surface area contributed by atoms with Gasteiger partial charge in [-0.3, -0.25) is 19.5 Å². The van der Waals surface area contributed by atoms with E-state index in [0.29, 0.717) is 11.3 Å². The highest BCUT2D eigenvalue weighted by Gasteiger charge is 2.44. The molecule has 1 unspecified atom stereocenters. The summed E-state index contributed by atoms with van der Waals surface area (Å²) in [5.74, 6) is -2.44. The predicted octanol–water partition coefficient (Wildman–Crippen LogP) is 6.19. The normalized spacial score (nSPS) is 16.1. The van der Waals surface area contributed by atoms with Gasteiger partial charge in [0.25, 0.3) is 5.91 Å². The molecule has 0 fully saturated rings. The summed E-state index contributed by atoms with van der Waals surface area (Å²) in [5.41, 5.74) is 2.55. The van der Waals surface area contributed by atoms with Crippen molar-refractivity contribution in [2.75, 3.05) is 4.90 Å². The van der Waals surface area contributed by atoms with Crippen molar-refractivity contribution in [1.82, 2.24) is 4.98 Å². The molecule has 2 heterocycles. The van der Waals surface area contributed by atoms with Crippen molar-refractivity contribution >= 4 is 17.4 Å². The van der Waals surface area contributed by atoms with Gasteiger partial charge in [-0.1, -0.05) is 38.1 Å². The summed E-state index contributed by atoms with van der Waals surface area (Å²) in [7, 11) is 0. The Hall–Kier alpha value is -4.14. The Morgan fingerprint density at radius 3 is 2.19 bits per heavy atom. The van der Waals surface area contributed by atoms with E-state index in [4.69, 9.17) is 0 Å². The number of rotatable bonds is 6. The van der Waals surface area contributed by atoms with Gasteiger partial charge in [0.15, 0.2) is 11.5 Å². The molecule has 6 nitrogen and oxygen atoms in total. The zero-order valence-corrected chi connectivity index (χ0v) is 19.7. The number of carbonyl (C=O) groups excluding carboxylic acids is 2. The summed E-state index contributed by atoms with van der Waals surface area (Å²) in [6, 6.07) is 14.1. The van der Waals surface area contributed by atoms with Gasteiger partial charge in [-0.15, -0.1) is 13.2 Å². The van der Waals surface area contributed by atoms with Gasteiger partial charge < -0.3 is 9.84 Å². The number of amides is 1. The van der Waals surface area contributed by atoms with E-state index in [2.05, 4.69) is 9.72 Å². The Labute approximate surface area is 205 Å². The van der Waals surface area contributed by atoms with Crippen LogP contribution in [0.1, 0.15) is 53.0 Å². The second-order valence-electron chi connectivity index (χ2n) is 8.72. The molecule has 0 bridgehead atoms. The first-order chi connectivity index (χ1) is 17.0. The Kier molecular flexibility index (Phi) is 6.58. The number of alkyl halides is 3. The van der Waals surface area contributed by atoms with E-state index in [1.807, 2.05) is 26.0 Å². The zero-order chi connectivity index (χ0) is 26.2. The van der Waals surface area contributed by atoms with E-state index in [0.717, 1.165) is 35.5 Å². The molecule has 186 valence electrons. The largest absolute Gasteiger partial charge is 0.573 e. The van der Waals surface area contributed by atoms with Gasteiger partial charge in [-0.05, 0) is 60.4 Å². The number of nitrogens with zero attached hydrogens (tertiary/aromatic N) is 2. The minimum Gasteiger partial charge on any atom is -0.503 e. The van der Waals surface area contributed by atoms with E-state index in [1.165, 1.54) is 11.1 Å². The highest BCUT2D eigenvalue weighted by atomic mass is 19.4. The number of halogens is 3. The summed E-state index contributed by atoms with van der Waals surface area (Å²) in [6.07, 6.45) is -3.40. The fourth-order valence-electron chi connectivity index (χ4n) is 4.05. The van der Waals surface area contributed by atoms with Gasteiger partial charge in [0.2, 0.25) is 0 Å². The molecular weight excluding hydrogens is 473 g/mol. The molecule has 1 aromatic heterocycles. The third kappa shape index (κ3) is 4.95. The Bertz CT molecular complexity index is 1310. The third-order valence-electron chi connectivity index (χ3n) is 5.90. The van der Waals surface area contributed by atoms with Crippen LogP contribution >= 0.6 is 0 Å². The van der Waals surface area contributed by atoms with Crippen molar-refractivity contribution in [3.63, 3.8) is 0 Å². The number of aromatic nitrogens is 1. The van der Waals surface area contributed by atoms with Crippen LogP contribution in [-0.2, 0) is 4.79 Å². The topological polar surface area (TPSA) is 79.7 Å². The van der Waals surface area contributed by atoms with Crippen LogP contribution in [0.5, 0.6) is 5.75 Å². The van der Waals surface area contributed by atoms with Crippen molar-refractivity contribution in [3.05, 3.63) is 101 Å². The maximum Gasteiger partial charge on any atom is 0.573 e. The van der Waals surface area contributed by atoms with Gasteiger partial charge in [-0.2, -0.15) is 0 Å². The van der Waals surface area contributed by atoms with Crippen LogP contribution in [0.25, 0.3) is 0 Å². The number of anilines is 1. The standard InChI is InChI=1S/C27H23F3N2O4/c1-15(2)17-5-7-18(8-6-17)23-22(24(33)19-9-12-21(13-10-19)36-27(28,29)30)25(34)26(35)32(23)20-11-4-16(3)31-14-20/h4-15,23,34H,1-3H3. The van der Waals surface area contributed by atoms with Gasteiger partial charge in [0.1, 0.15) is 5.75 Å². The number of ether oxygens (including phenoxy) is 1. The average molecular weight is 496 g/mol.